The number of benzene rings is 3. The summed E-state index contributed by atoms with van der Waals surface area (Å²) in [4.78, 5) is 0. The lowest BCUT2D eigenvalue weighted by molar-refractivity contribution is 0.622. The molecule has 0 spiro atoms. The molecule has 0 unspecified atom stereocenters. The van der Waals surface area contributed by atoms with E-state index in [1.165, 1.54) is 24.3 Å². The Morgan fingerprint density at radius 1 is 0.625 bits per heavy atom. The zero-order valence-electron chi connectivity index (χ0n) is 13.8. The van der Waals surface area contributed by atoms with Crippen molar-refractivity contribution in [2.45, 2.75) is 20.8 Å². The van der Waals surface area contributed by atoms with Gasteiger partial charge in [0.05, 0.1) is 0 Å². The molecule has 0 N–H and O–H groups in total. The number of hydrogen-bond donors (Lipinski definition) is 0. The first-order valence-corrected chi connectivity index (χ1v) is 7.70. The van der Waals surface area contributed by atoms with Gasteiger partial charge in [-0.05, 0) is 72.9 Å². The summed E-state index contributed by atoms with van der Waals surface area (Å²) in [5.74, 6) is -1.28. The molecule has 0 radical (unpaired) electrons. The van der Waals surface area contributed by atoms with Crippen molar-refractivity contribution in [3.05, 3.63) is 82.7 Å². The Morgan fingerprint density at radius 2 is 1.29 bits per heavy atom. The van der Waals surface area contributed by atoms with Gasteiger partial charge < -0.3 is 0 Å². The van der Waals surface area contributed by atoms with Crippen molar-refractivity contribution < 1.29 is 13.2 Å². The van der Waals surface area contributed by atoms with Crippen molar-refractivity contribution in [1.82, 2.24) is 0 Å². The molecule has 3 rings (SSSR count). The molecular formula is C21H17F3. The minimum atomic E-state index is -0.488. The predicted octanol–water partition coefficient (Wildman–Crippen LogP) is 6.36. The molecule has 0 heterocycles. The van der Waals surface area contributed by atoms with Crippen molar-refractivity contribution in [3.8, 4) is 22.3 Å². The molecule has 0 aliphatic rings. The van der Waals surface area contributed by atoms with Crippen LogP contribution in [-0.2, 0) is 0 Å². The molecule has 0 aromatic heterocycles. The molecule has 3 aromatic rings. The van der Waals surface area contributed by atoms with E-state index < -0.39 is 11.6 Å². The van der Waals surface area contributed by atoms with E-state index in [0.29, 0.717) is 27.8 Å². The first-order chi connectivity index (χ1) is 11.4. The van der Waals surface area contributed by atoms with Crippen LogP contribution in [0, 0.1) is 38.2 Å². The summed E-state index contributed by atoms with van der Waals surface area (Å²) in [6.07, 6.45) is 0. The van der Waals surface area contributed by atoms with E-state index >= 15 is 0 Å². The molecule has 0 fully saturated rings. The van der Waals surface area contributed by atoms with Crippen molar-refractivity contribution in [2.24, 2.45) is 0 Å². The minimum Gasteiger partial charge on any atom is -0.207 e. The van der Waals surface area contributed by atoms with E-state index in [0.717, 1.165) is 11.1 Å². The fraction of sp³-hybridized carbons (Fsp3) is 0.143. The van der Waals surface area contributed by atoms with Crippen LogP contribution in [0.15, 0.2) is 48.5 Å². The van der Waals surface area contributed by atoms with Crippen LogP contribution in [0.3, 0.4) is 0 Å². The van der Waals surface area contributed by atoms with Crippen LogP contribution < -0.4 is 0 Å². The summed E-state index contributed by atoms with van der Waals surface area (Å²) in [7, 11) is 0. The maximum absolute atomic E-state index is 14.8. The topological polar surface area (TPSA) is 0 Å². The molecule has 0 aliphatic heterocycles. The van der Waals surface area contributed by atoms with Crippen LogP contribution in [0.2, 0.25) is 0 Å². The van der Waals surface area contributed by atoms with Crippen molar-refractivity contribution >= 4 is 0 Å². The maximum Gasteiger partial charge on any atom is 0.131 e. The van der Waals surface area contributed by atoms with Gasteiger partial charge in [0.2, 0.25) is 0 Å². The van der Waals surface area contributed by atoms with E-state index in [4.69, 9.17) is 0 Å². The van der Waals surface area contributed by atoms with E-state index in [2.05, 4.69) is 0 Å². The summed E-state index contributed by atoms with van der Waals surface area (Å²) in [6.45, 7) is 5.30. The lowest BCUT2D eigenvalue weighted by Crippen LogP contribution is -1.95. The minimum absolute atomic E-state index is 0.343. The molecule has 122 valence electrons. The van der Waals surface area contributed by atoms with Gasteiger partial charge in [0.25, 0.3) is 0 Å². The summed E-state index contributed by atoms with van der Waals surface area (Å²) < 4.78 is 42.6. The Labute approximate surface area is 139 Å². The average Bonchev–Trinajstić information content (AvgIpc) is 2.45. The molecule has 0 saturated heterocycles. The van der Waals surface area contributed by atoms with Crippen LogP contribution in [0.5, 0.6) is 0 Å². The van der Waals surface area contributed by atoms with E-state index in [1.807, 2.05) is 0 Å². The molecule has 3 aromatic carbocycles. The predicted molar refractivity (Wildman–Crippen MR) is 91.4 cm³/mol. The van der Waals surface area contributed by atoms with E-state index in [9.17, 15) is 13.2 Å². The van der Waals surface area contributed by atoms with Crippen LogP contribution in [-0.4, -0.2) is 0 Å². The zero-order valence-corrected chi connectivity index (χ0v) is 13.8. The fourth-order valence-electron chi connectivity index (χ4n) is 3.13. The lowest BCUT2D eigenvalue weighted by atomic mass is 9.92. The van der Waals surface area contributed by atoms with Gasteiger partial charge in [0.1, 0.15) is 17.5 Å². The number of hydrogen-bond acceptors (Lipinski definition) is 0. The van der Waals surface area contributed by atoms with Crippen molar-refractivity contribution in [1.29, 1.82) is 0 Å². The Balaban J connectivity index is 2.20. The number of aryl methyl sites for hydroxylation is 3. The molecule has 0 saturated carbocycles. The van der Waals surface area contributed by atoms with Gasteiger partial charge in [0.15, 0.2) is 0 Å². The van der Waals surface area contributed by atoms with Crippen LogP contribution >= 0.6 is 0 Å². The largest absolute Gasteiger partial charge is 0.207 e. The molecular weight excluding hydrogens is 309 g/mol. The van der Waals surface area contributed by atoms with Gasteiger partial charge in [-0.1, -0.05) is 24.3 Å². The monoisotopic (exact) mass is 326 g/mol. The molecule has 0 aliphatic carbocycles. The van der Waals surface area contributed by atoms with E-state index in [-0.39, 0.29) is 5.82 Å². The Bertz CT molecular complexity index is 863. The van der Waals surface area contributed by atoms with Crippen LogP contribution in [0.4, 0.5) is 13.2 Å². The lowest BCUT2D eigenvalue weighted by Gasteiger charge is -2.14. The van der Waals surface area contributed by atoms with Crippen molar-refractivity contribution in [2.75, 3.05) is 0 Å². The third-order valence-corrected chi connectivity index (χ3v) is 4.13. The molecule has 0 atom stereocenters. The molecule has 0 bridgehead atoms. The summed E-state index contributed by atoms with van der Waals surface area (Å²) in [6, 6.07) is 12.3. The number of rotatable bonds is 2. The Kier molecular flexibility index (Phi) is 4.18. The van der Waals surface area contributed by atoms with Gasteiger partial charge in [-0.2, -0.15) is 0 Å². The highest BCUT2D eigenvalue weighted by atomic mass is 19.1. The summed E-state index contributed by atoms with van der Waals surface area (Å²) in [5, 5.41) is 0. The van der Waals surface area contributed by atoms with Crippen LogP contribution in [0.25, 0.3) is 22.3 Å². The third kappa shape index (κ3) is 2.94. The second-order valence-corrected chi connectivity index (χ2v) is 6.10. The van der Waals surface area contributed by atoms with Gasteiger partial charge in [-0.25, -0.2) is 13.2 Å². The fourth-order valence-corrected chi connectivity index (χ4v) is 3.13. The average molecular weight is 326 g/mol. The van der Waals surface area contributed by atoms with E-state index in [1.54, 1.807) is 45.0 Å². The highest BCUT2D eigenvalue weighted by Crippen LogP contribution is 2.34. The SMILES string of the molecule is Cc1cc(F)cc(-c2c(C)cc(-c3c(C)cccc3F)cc2F)c1. The number of halogens is 3. The van der Waals surface area contributed by atoms with Gasteiger partial charge >= 0.3 is 0 Å². The van der Waals surface area contributed by atoms with Gasteiger partial charge in [0, 0.05) is 11.1 Å². The zero-order chi connectivity index (χ0) is 17.4. The molecule has 3 heteroatoms. The van der Waals surface area contributed by atoms with Crippen molar-refractivity contribution in [3.63, 3.8) is 0 Å². The van der Waals surface area contributed by atoms with Gasteiger partial charge in [-0.15, -0.1) is 0 Å². The smallest absolute Gasteiger partial charge is 0.131 e. The highest BCUT2D eigenvalue weighted by molar-refractivity contribution is 5.76. The third-order valence-electron chi connectivity index (χ3n) is 4.13. The van der Waals surface area contributed by atoms with Crippen LogP contribution in [0.1, 0.15) is 16.7 Å². The summed E-state index contributed by atoms with van der Waals surface area (Å²) in [5.41, 5.74) is 3.80. The molecule has 0 amide bonds. The second kappa shape index (κ2) is 6.16. The standard InChI is InChI=1S/C21H17F3/c1-12-7-15(10-17(22)8-12)21-14(3)9-16(11-19(21)24)20-13(2)5-4-6-18(20)23/h4-11H,1-3H3. The Hall–Kier alpha value is -2.55. The van der Waals surface area contributed by atoms with Gasteiger partial charge in [-0.3, -0.25) is 0 Å². The highest BCUT2D eigenvalue weighted by Gasteiger charge is 2.15. The first-order valence-electron chi connectivity index (χ1n) is 7.70. The molecule has 24 heavy (non-hydrogen) atoms. The maximum atomic E-state index is 14.8. The molecule has 0 nitrogen and oxygen atoms in total. The quantitative estimate of drug-likeness (QED) is 0.514. The first kappa shape index (κ1) is 16.3. The Morgan fingerprint density at radius 3 is 1.92 bits per heavy atom. The second-order valence-electron chi connectivity index (χ2n) is 6.10. The normalized spacial score (nSPS) is 10.9. The summed E-state index contributed by atoms with van der Waals surface area (Å²) >= 11 is 0.